The minimum absolute atomic E-state index is 0.0355. The molecule has 4 amide bonds. The molecule has 0 bridgehead atoms. The van der Waals surface area contributed by atoms with E-state index in [0.29, 0.717) is 19.5 Å². The first-order valence-corrected chi connectivity index (χ1v) is 10.0. The molecule has 0 aromatic rings. The van der Waals surface area contributed by atoms with Crippen LogP contribution in [-0.4, -0.2) is 65.4 Å². The van der Waals surface area contributed by atoms with Gasteiger partial charge < -0.3 is 15.0 Å². The predicted molar refractivity (Wildman–Crippen MR) is 96.6 cm³/mol. The van der Waals surface area contributed by atoms with Crippen molar-refractivity contribution in [2.45, 2.75) is 63.8 Å². The zero-order valence-corrected chi connectivity index (χ0v) is 16.0. The number of carbonyl (C=O) groups is 4. The molecule has 0 radical (unpaired) electrons. The second kappa shape index (κ2) is 8.27. The molecule has 1 saturated carbocycles. The SMILES string of the molecule is C[C@@H]1CCCC[C@]12NC(=O)N(CC(=O)OCC(=O)N1CCCCCC1)C2=O. The number of rotatable bonds is 4. The van der Waals surface area contributed by atoms with Crippen molar-refractivity contribution in [1.82, 2.24) is 15.1 Å². The van der Waals surface area contributed by atoms with E-state index in [-0.39, 0.29) is 24.3 Å². The summed E-state index contributed by atoms with van der Waals surface area (Å²) in [6, 6.07) is -0.551. The summed E-state index contributed by atoms with van der Waals surface area (Å²) in [6.45, 7) is 2.53. The molecule has 2 atom stereocenters. The van der Waals surface area contributed by atoms with Crippen molar-refractivity contribution in [3.63, 3.8) is 0 Å². The maximum Gasteiger partial charge on any atom is 0.326 e. The highest BCUT2D eigenvalue weighted by Crippen LogP contribution is 2.38. The molecule has 8 nitrogen and oxygen atoms in total. The summed E-state index contributed by atoms with van der Waals surface area (Å²) in [5.74, 6) is -1.27. The number of amides is 4. The van der Waals surface area contributed by atoms with Gasteiger partial charge in [0.15, 0.2) is 6.61 Å². The van der Waals surface area contributed by atoms with Crippen LogP contribution in [0.5, 0.6) is 0 Å². The second-order valence-electron chi connectivity index (χ2n) is 7.90. The van der Waals surface area contributed by atoms with Crippen LogP contribution in [0.4, 0.5) is 4.79 Å². The van der Waals surface area contributed by atoms with Gasteiger partial charge in [0.1, 0.15) is 12.1 Å². The van der Waals surface area contributed by atoms with E-state index in [1.807, 2.05) is 6.92 Å². The number of urea groups is 1. The van der Waals surface area contributed by atoms with Gasteiger partial charge in [-0.1, -0.05) is 32.6 Å². The van der Waals surface area contributed by atoms with Crippen LogP contribution in [0.1, 0.15) is 58.3 Å². The maximum atomic E-state index is 12.8. The van der Waals surface area contributed by atoms with Crippen LogP contribution in [0.25, 0.3) is 0 Å². The molecule has 1 aliphatic carbocycles. The van der Waals surface area contributed by atoms with E-state index in [4.69, 9.17) is 4.74 Å². The fraction of sp³-hybridized carbons (Fsp3) is 0.789. The van der Waals surface area contributed by atoms with Crippen LogP contribution >= 0.6 is 0 Å². The van der Waals surface area contributed by atoms with Crippen molar-refractivity contribution >= 4 is 23.8 Å². The molecule has 0 aromatic heterocycles. The number of nitrogens with one attached hydrogen (secondary N) is 1. The van der Waals surface area contributed by atoms with Crippen molar-refractivity contribution in [2.75, 3.05) is 26.2 Å². The normalized spacial score (nSPS) is 28.9. The summed E-state index contributed by atoms with van der Waals surface area (Å²) in [4.78, 5) is 52.1. The molecule has 27 heavy (non-hydrogen) atoms. The third-order valence-corrected chi connectivity index (χ3v) is 6.10. The van der Waals surface area contributed by atoms with E-state index >= 15 is 0 Å². The lowest BCUT2D eigenvalue weighted by Crippen LogP contribution is -2.54. The van der Waals surface area contributed by atoms with Crippen molar-refractivity contribution in [2.24, 2.45) is 5.92 Å². The van der Waals surface area contributed by atoms with Gasteiger partial charge in [-0.25, -0.2) is 4.79 Å². The van der Waals surface area contributed by atoms with Crippen LogP contribution in [0.3, 0.4) is 0 Å². The predicted octanol–water partition coefficient (Wildman–Crippen LogP) is 1.43. The molecule has 3 fully saturated rings. The molecule has 0 aromatic carbocycles. The average Bonchev–Trinajstić information content (AvgIpc) is 2.85. The minimum atomic E-state index is -0.891. The van der Waals surface area contributed by atoms with Crippen LogP contribution in [0.15, 0.2) is 0 Å². The molecule has 150 valence electrons. The molecule has 2 saturated heterocycles. The van der Waals surface area contributed by atoms with Crippen molar-refractivity contribution in [3.05, 3.63) is 0 Å². The highest BCUT2D eigenvalue weighted by Gasteiger charge is 2.55. The first kappa shape index (κ1) is 19.6. The van der Waals surface area contributed by atoms with Crippen LogP contribution in [-0.2, 0) is 19.1 Å². The molecular weight excluding hydrogens is 350 g/mol. The molecule has 1 spiro atoms. The Morgan fingerprint density at radius 2 is 1.81 bits per heavy atom. The number of esters is 1. The molecule has 3 rings (SSSR count). The first-order chi connectivity index (χ1) is 12.9. The molecule has 2 heterocycles. The van der Waals surface area contributed by atoms with Crippen LogP contribution in [0.2, 0.25) is 0 Å². The van der Waals surface area contributed by atoms with Gasteiger partial charge in [0.05, 0.1) is 0 Å². The van der Waals surface area contributed by atoms with Gasteiger partial charge in [0, 0.05) is 13.1 Å². The van der Waals surface area contributed by atoms with Crippen LogP contribution in [0, 0.1) is 5.92 Å². The summed E-state index contributed by atoms with van der Waals surface area (Å²) in [5.41, 5.74) is -0.891. The van der Waals surface area contributed by atoms with Gasteiger partial charge in [-0.3, -0.25) is 19.3 Å². The Morgan fingerprint density at radius 3 is 2.48 bits per heavy atom. The number of imide groups is 1. The number of hydrogen-bond acceptors (Lipinski definition) is 5. The fourth-order valence-corrected chi connectivity index (χ4v) is 4.37. The Balaban J connectivity index is 1.52. The molecule has 2 aliphatic heterocycles. The van der Waals surface area contributed by atoms with Crippen molar-refractivity contribution in [1.29, 1.82) is 0 Å². The Kier molecular flexibility index (Phi) is 6.01. The van der Waals surface area contributed by atoms with E-state index in [1.54, 1.807) is 4.90 Å². The topological polar surface area (TPSA) is 96.0 Å². The Labute approximate surface area is 159 Å². The summed E-state index contributed by atoms with van der Waals surface area (Å²) in [5, 5.41) is 2.80. The zero-order valence-electron chi connectivity index (χ0n) is 16.0. The number of likely N-dealkylation sites (tertiary alicyclic amines) is 1. The molecule has 0 unspecified atom stereocenters. The van der Waals surface area contributed by atoms with E-state index in [1.165, 1.54) is 0 Å². The third kappa shape index (κ3) is 4.09. The molecule has 8 heteroatoms. The zero-order chi connectivity index (χ0) is 19.4. The first-order valence-electron chi connectivity index (χ1n) is 10.0. The highest BCUT2D eigenvalue weighted by molar-refractivity contribution is 6.09. The largest absolute Gasteiger partial charge is 0.454 e. The lowest BCUT2D eigenvalue weighted by Gasteiger charge is -2.36. The molecular formula is C19H29N3O5. The number of carbonyl (C=O) groups excluding carboxylic acids is 4. The number of ether oxygens (including phenoxy) is 1. The summed E-state index contributed by atoms with van der Waals surface area (Å²) in [6.07, 6.45) is 7.51. The summed E-state index contributed by atoms with van der Waals surface area (Å²) >= 11 is 0. The molecule has 1 N–H and O–H groups in total. The minimum Gasteiger partial charge on any atom is -0.454 e. The summed E-state index contributed by atoms with van der Waals surface area (Å²) in [7, 11) is 0. The number of hydrogen-bond donors (Lipinski definition) is 1. The molecule has 3 aliphatic rings. The van der Waals surface area contributed by atoms with Gasteiger partial charge in [0.2, 0.25) is 0 Å². The highest BCUT2D eigenvalue weighted by atomic mass is 16.5. The lowest BCUT2D eigenvalue weighted by molar-refractivity contribution is -0.154. The average molecular weight is 379 g/mol. The summed E-state index contributed by atoms with van der Waals surface area (Å²) < 4.78 is 5.06. The standard InChI is InChI=1S/C19H29N3O5/c1-14-8-4-5-9-19(14)17(25)22(18(26)20-19)12-16(24)27-13-15(23)21-10-6-2-3-7-11-21/h14H,2-13H2,1H3,(H,20,26)/t14-,19+/m1/s1. The smallest absolute Gasteiger partial charge is 0.326 e. The van der Waals surface area contributed by atoms with Crippen LogP contribution < -0.4 is 5.32 Å². The third-order valence-electron chi connectivity index (χ3n) is 6.10. The lowest BCUT2D eigenvalue weighted by atomic mass is 9.73. The van der Waals surface area contributed by atoms with Gasteiger partial charge >= 0.3 is 12.0 Å². The van der Waals surface area contributed by atoms with E-state index in [0.717, 1.165) is 49.8 Å². The Hall–Kier alpha value is -2.12. The fourth-order valence-electron chi connectivity index (χ4n) is 4.37. The Bertz CT molecular complexity index is 614. The monoisotopic (exact) mass is 379 g/mol. The maximum absolute atomic E-state index is 12.8. The number of nitrogens with zero attached hydrogens (tertiary/aromatic N) is 2. The Morgan fingerprint density at radius 1 is 1.11 bits per heavy atom. The van der Waals surface area contributed by atoms with E-state index in [9.17, 15) is 19.2 Å². The van der Waals surface area contributed by atoms with E-state index in [2.05, 4.69) is 5.32 Å². The van der Waals surface area contributed by atoms with Crippen molar-refractivity contribution < 1.29 is 23.9 Å². The van der Waals surface area contributed by atoms with Crippen molar-refractivity contribution in [3.8, 4) is 0 Å². The quantitative estimate of drug-likeness (QED) is 0.589. The van der Waals surface area contributed by atoms with Gasteiger partial charge in [0.25, 0.3) is 11.8 Å². The van der Waals surface area contributed by atoms with Gasteiger partial charge in [-0.15, -0.1) is 0 Å². The van der Waals surface area contributed by atoms with Gasteiger partial charge in [-0.05, 0) is 31.6 Å². The second-order valence-corrected chi connectivity index (χ2v) is 7.90. The van der Waals surface area contributed by atoms with E-state index < -0.39 is 24.1 Å². The van der Waals surface area contributed by atoms with Gasteiger partial charge in [-0.2, -0.15) is 0 Å².